The van der Waals surface area contributed by atoms with Crippen LogP contribution in [0.15, 0.2) is 30.7 Å². The van der Waals surface area contributed by atoms with E-state index in [1.165, 1.54) is 0 Å². The largest absolute Gasteiger partial charge is 0.381 e. The van der Waals surface area contributed by atoms with Crippen LogP contribution in [0.5, 0.6) is 0 Å². The number of alkyl halides is 2. The fraction of sp³-hybridized carbons (Fsp3) is 0.429. The van der Waals surface area contributed by atoms with Gasteiger partial charge in [0.2, 0.25) is 5.95 Å². The molecule has 5 rings (SSSR count). The molecule has 0 radical (unpaired) electrons. The second kappa shape index (κ2) is 7.52. The quantitative estimate of drug-likeness (QED) is 0.521. The molecule has 8 nitrogen and oxygen atoms in total. The molecule has 162 valence electrons. The van der Waals surface area contributed by atoms with Gasteiger partial charge in [-0.05, 0) is 31.9 Å². The van der Waals surface area contributed by atoms with Crippen molar-refractivity contribution >= 4 is 22.6 Å². The van der Waals surface area contributed by atoms with Crippen LogP contribution in [0.3, 0.4) is 0 Å². The van der Waals surface area contributed by atoms with E-state index >= 15 is 0 Å². The molecule has 0 saturated carbocycles. The number of aromatic nitrogens is 6. The van der Waals surface area contributed by atoms with Gasteiger partial charge in [-0.1, -0.05) is 0 Å². The molecule has 4 aromatic heterocycles. The molecule has 1 saturated heterocycles. The molecule has 0 amide bonds. The van der Waals surface area contributed by atoms with Gasteiger partial charge in [-0.25, -0.2) is 28.2 Å². The molecule has 1 fully saturated rings. The topological polar surface area (TPSA) is 82.2 Å². The highest BCUT2D eigenvalue weighted by molar-refractivity contribution is 5.85. The number of imidazole rings is 1. The van der Waals surface area contributed by atoms with Crippen molar-refractivity contribution in [2.45, 2.75) is 38.7 Å². The van der Waals surface area contributed by atoms with Crippen LogP contribution >= 0.6 is 0 Å². The first-order chi connectivity index (χ1) is 14.9. The molecule has 1 aliphatic rings. The lowest BCUT2D eigenvalue weighted by atomic mass is 10.1. The first-order valence-corrected chi connectivity index (χ1v) is 10.3. The summed E-state index contributed by atoms with van der Waals surface area (Å²) >= 11 is 0. The lowest BCUT2D eigenvalue weighted by Crippen LogP contribution is -2.24. The molecule has 4 aromatic rings. The zero-order valence-electron chi connectivity index (χ0n) is 17.3. The SMILES string of the molecule is Cc1nc2ncc(-c3ccn4nc(NCC(C)(F)F)ncc34)cc2n1C1CCOCC1. The van der Waals surface area contributed by atoms with Gasteiger partial charge in [0.15, 0.2) is 5.65 Å². The lowest BCUT2D eigenvalue weighted by molar-refractivity contribution is 0.0365. The van der Waals surface area contributed by atoms with E-state index in [1.807, 2.05) is 13.0 Å². The molecule has 1 N–H and O–H groups in total. The third kappa shape index (κ3) is 3.83. The minimum Gasteiger partial charge on any atom is -0.381 e. The number of halogens is 2. The van der Waals surface area contributed by atoms with Crippen LogP contribution in [0.2, 0.25) is 0 Å². The summed E-state index contributed by atoms with van der Waals surface area (Å²) < 4.78 is 35.6. The van der Waals surface area contributed by atoms with Gasteiger partial charge in [0.1, 0.15) is 5.82 Å². The summed E-state index contributed by atoms with van der Waals surface area (Å²) in [6.07, 6.45) is 7.11. The molecule has 0 spiro atoms. The average Bonchev–Trinajstić information content (AvgIpc) is 3.31. The Bertz CT molecular complexity index is 1240. The first kappa shape index (κ1) is 19.8. The zero-order chi connectivity index (χ0) is 21.6. The fourth-order valence-corrected chi connectivity index (χ4v) is 4.10. The second-order valence-corrected chi connectivity index (χ2v) is 8.00. The van der Waals surface area contributed by atoms with Gasteiger partial charge in [0.05, 0.1) is 23.8 Å². The number of hydrogen-bond acceptors (Lipinski definition) is 6. The summed E-state index contributed by atoms with van der Waals surface area (Å²) in [5.41, 5.74) is 4.32. The van der Waals surface area contributed by atoms with Gasteiger partial charge in [0, 0.05) is 49.7 Å². The molecule has 0 aliphatic carbocycles. The van der Waals surface area contributed by atoms with Gasteiger partial charge < -0.3 is 14.6 Å². The van der Waals surface area contributed by atoms with Crippen LogP contribution in [-0.4, -0.2) is 54.8 Å². The molecule has 5 heterocycles. The number of pyridine rings is 1. The van der Waals surface area contributed by atoms with Crippen molar-refractivity contribution in [1.29, 1.82) is 0 Å². The summed E-state index contributed by atoms with van der Waals surface area (Å²) in [5.74, 6) is -1.75. The standard InChI is InChI=1S/C21H23F2N7O/c1-13-27-19-17(30(13)15-4-7-31-8-5-15)9-14(10-24-19)16-3-6-29-18(16)11-25-20(28-29)26-12-21(2,22)23/h3,6,9-11,15H,4-5,7-8,12H2,1-2H3,(H,26,28). The molecular formula is C21H23F2N7O. The van der Waals surface area contributed by atoms with E-state index in [9.17, 15) is 8.78 Å². The minimum absolute atomic E-state index is 0.151. The van der Waals surface area contributed by atoms with Crippen LogP contribution in [0.4, 0.5) is 14.7 Å². The van der Waals surface area contributed by atoms with Crippen molar-refractivity contribution < 1.29 is 13.5 Å². The molecule has 0 bridgehead atoms. The van der Waals surface area contributed by atoms with E-state index in [0.717, 1.165) is 66.6 Å². The highest BCUT2D eigenvalue weighted by Gasteiger charge is 2.22. The number of rotatable bonds is 5. The Morgan fingerprint density at radius 3 is 2.77 bits per heavy atom. The van der Waals surface area contributed by atoms with Gasteiger partial charge >= 0.3 is 0 Å². The smallest absolute Gasteiger partial charge is 0.262 e. The van der Waals surface area contributed by atoms with Crippen molar-refractivity contribution in [3.05, 3.63) is 36.5 Å². The van der Waals surface area contributed by atoms with Crippen molar-refractivity contribution in [2.24, 2.45) is 0 Å². The van der Waals surface area contributed by atoms with Gasteiger partial charge in [-0.15, -0.1) is 5.10 Å². The highest BCUT2D eigenvalue weighted by atomic mass is 19.3. The Kier molecular flexibility index (Phi) is 4.81. The van der Waals surface area contributed by atoms with Gasteiger partial charge in [0.25, 0.3) is 5.92 Å². The molecule has 0 atom stereocenters. The number of anilines is 1. The molecule has 0 aromatic carbocycles. The van der Waals surface area contributed by atoms with Crippen LogP contribution < -0.4 is 5.32 Å². The maximum Gasteiger partial charge on any atom is 0.262 e. The minimum atomic E-state index is -2.84. The van der Waals surface area contributed by atoms with Crippen LogP contribution in [-0.2, 0) is 4.74 Å². The summed E-state index contributed by atoms with van der Waals surface area (Å²) in [7, 11) is 0. The Balaban J connectivity index is 1.51. The Morgan fingerprint density at radius 2 is 2.00 bits per heavy atom. The lowest BCUT2D eigenvalue weighted by Gasteiger charge is -2.25. The average molecular weight is 427 g/mol. The summed E-state index contributed by atoms with van der Waals surface area (Å²) in [5, 5.41) is 6.86. The monoisotopic (exact) mass is 427 g/mol. The number of nitrogens with zero attached hydrogens (tertiary/aromatic N) is 6. The van der Waals surface area contributed by atoms with Crippen LogP contribution in [0.25, 0.3) is 27.8 Å². The van der Waals surface area contributed by atoms with E-state index in [4.69, 9.17) is 4.74 Å². The van der Waals surface area contributed by atoms with Crippen LogP contribution in [0.1, 0.15) is 31.6 Å². The molecule has 31 heavy (non-hydrogen) atoms. The zero-order valence-corrected chi connectivity index (χ0v) is 17.3. The summed E-state index contributed by atoms with van der Waals surface area (Å²) in [6.45, 7) is 3.83. The third-order valence-corrected chi connectivity index (χ3v) is 5.56. The predicted molar refractivity (Wildman–Crippen MR) is 112 cm³/mol. The van der Waals surface area contributed by atoms with E-state index in [2.05, 4.69) is 36.0 Å². The van der Waals surface area contributed by atoms with Gasteiger partial charge in [-0.2, -0.15) is 0 Å². The number of nitrogens with one attached hydrogen (secondary N) is 1. The van der Waals surface area contributed by atoms with E-state index in [0.29, 0.717) is 6.04 Å². The van der Waals surface area contributed by atoms with E-state index < -0.39 is 12.5 Å². The summed E-state index contributed by atoms with van der Waals surface area (Å²) in [6, 6.07) is 4.36. The second-order valence-electron chi connectivity index (χ2n) is 8.00. The number of hydrogen-bond donors (Lipinski definition) is 1. The highest BCUT2D eigenvalue weighted by Crippen LogP contribution is 2.31. The number of fused-ring (bicyclic) bond motifs is 2. The van der Waals surface area contributed by atoms with E-state index in [-0.39, 0.29) is 5.95 Å². The Morgan fingerprint density at radius 1 is 1.19 bits per heavy atom. The molecule has 1 aliphatic heterocycles. The normalized spacial score (nSPS) is 15.7. The molecule has 10 heteroatoms. The van der Waals surface area contributed by atoms with Crippen molar-refractivity contribution in [3.8, 4) is 11.1 Å². The van der Waals surface area contributed by atoms with E-state index in [1.54, 1.807) is 23.1 Å². The Labute approximate surface area is 177 Å². The third-order valence-electron chi connectivity index (χ3n) is 5.56. The van der Waals surface area contributed by atoms with Crippen LogP contribution in [0, 0.1) is 6.92 Å². The Hall–Kier alpha value is -3.14. The first-order valence-electron chi connectivity index (χ1n) is 10.3. The fourth-order valence-electron chi connectivity index (χ4n) is 4.10. The maximum absolute atomic E-state index is 13.1. The van der Waals surface area contributed by atoms with Crippen molar-refractivity contribution in [2.75, 3.05) is 25.1 Å². The predicted octanol–water partition coefficient (Wildman–Crippen LogP) is 3.87. The van der Waals surface area contributed by atoms with Crippen molar-refractivity contribution in [3.63, 3.8) is 0 Å². The maximum atomic E-state index is 13.1. The number of ether oxygens (including phenoxy) is 1. The van der Waals surface area contributed by atoms with Crippen molar-refractivity contribution in [1.82, 2.24) is 29.1 Å². The summed E-state index contributed by atoms with van der Waals surface area (Å²) in [4.78, 5) is 13.4. The molecule has 0 unspecified atom stereocenters. The number of aryl methyl sites for hydroxylation is 1. The van der Waals surface area contributed by atoms with Gasteiger partial charge in [-0.3, -0.25) is 0 Å². The molecular weight excluding hydrogens is 404 g/mol.